The van der Waals surface area contributed by atoms with Crippen molar-refractivity contribution in [3.8, 4) is 0 Å². The van der Waals surface area contributed by atoms with Gasteiger partial charge in [0, 0.05) is 6.04 Å². The van der Waals surface area contributed by atoms with Gasteiger partial charge >= 0.3 is 5.76 Å². The van der Waals surface area contributed by atoms with Crippen LogP contribution >= 0.6 is 0 Å². The minimum Gasteiger partial charge on any atom is -0.408 e. The van der Waals surface area contributed by atoms with E-state index < -0.39 is 0 Å². The number of nitrogens with one attached hydrogen (secondary N) is 2. The maximum absolute atomic E-state index is 11.3. The van der Waals surface area contributed by atoms with Crippen molar-refractivity contribution in [2.24, 2.45) is 11.8 Å². The molecule has 21 heavy (non-hydrogen) atoms. The summed E-state index contributed by atoms with van der Waals surface area (Å²) in [5, 5.41) is 3.70. The van der Waals surface area contributed by atoms with Crippen molar-refractivity contribution < 1.29 is 4.42 Å². The largest absolute Gasteiger partial charge is 0.417 e. The van der Waals surface area contributed by atoms with Crippen molar-refractivity contribution in [2.75, 3.05) is 6.54 Å². The smallest absolute Gasteiger partial charge is 0.408 e. The van der Waals surface area contributed by atoms with Crippen molar-refractivity contribution in [1.82, 2.24) is 10.3 Å². The molecule has 4 heteroatoms. The third-order valence-electron chi connectivity index (χ3n) is 4.77. The second-order valence-electron chi connectivity index (χ2n) is 6.27. The van der Waals surface area contributed by atoms with Gasteiger partial charge in [-0.2, -0.15) is 0 Å². The Morgan fingerprint density at radius 2 is 2.29 bits per heavy atom. The highest BCUT2D eigenvalue weighted by Gasteiger charge is 2.31. The molecule has 0 spiro atoms. The molecule has 2 N–H and O–H groups in total. The first-order valence-electron chi connectivity index (χ1n) is 8.05. The topological polar surface area (TPSA) is 58.0 Å². The molecule has 3 atom stereocenters. The Bertz CT molecular complexity index is 658. The summed E-state index contributed by atoms with van der Waals surface area (Å²) >= 11 is 0. The lowest BCUT2D eigenvalue weighted by molar-refractivity contribution is 0.302. The van der Waals surface area contributed by atoms with Crippen LogP contribution in [0, 0.1) is 11.8 Å². The Hall–Kier alpha value is -1.55. The van der Waals surface area contributed by atoms with E-state index in [1.54, 1.807) is 0 Å². The molecule has 1 saturated carbocycles. The average molecular weight is 288 g/mol. The lowest BCUT2D eigenvalue weighted by Crippen LogP contribution is -2.30. The first-order valence-corrected chi connectivity index (χ1v) is 8.05. The van der Waals surface area contributed by atoms with Crippen molar-refractivity contribution in [1.29, 1.82) is 0 Å². The number of rotatable bonds is 5. The molecule has 1 aromatic heterocycles. The van der Waals surface area contributed by atoms with E-state index in [4.69, 9.17) is 4.42 Å². The van der Waals surface area contributed by atoms with Crippen LogP contribution in [0.1, 0.15) is 51.1 Å². The SMILES string of the molecule is CCCNC(c1ccc2[nH]c(=O)oc2c1)C1CCCC1C. The maximum Gasteiger partial charge on any atom is 0.417 e. The van der Waals surface area contributed by atoms with Crippen LogP contribution in [0.2, 0.25) is 0 Å². The fraction of sp³-hybridized carbons (Fsp3) is 0.588. The summed E-state index contributed by atoms with van der Waals surface area (Å²) in [4.78, 5) is 14.0. The summed E-state index contributed by atoms with van der Waals surface area (Å²) in [6, 6.07) is 6.44. The molecule has 3 rings (SSSR count). The fourth-order valence-electron chi connectivity index (χ4n) is 3.64. The molecule has 3 unspecified atom stereocenters. The van der Waals surface area contributed by atoms with E-state index in [1.807, 2.05) is 12.1 Å². The lowest BCUT2D eigenvalue weighted by atomic mass is 9.85. The summed E-state index contributed by atoms with van der Waals surface area (Å²) in [7, 11) is 0. The van der Waals surface area contributed by atoms with Crippen molar-refractivity contribution in [3.63, 3.8) is 0 Å². The van der Waals surface area contributed by atoms with Crippen LogP contribution in [0.25, 0.3) is 11.1 Å². The van der Waals surface area contributed by atoms with Gasteiger partial charge in [-0.3, -0.25) is 4.98 Å². The summed E-state index contributed by atoms with van der Waals surface area (Å²) in [5.41, 5.74) is 2.67. The van der Waals surface area contributed by atoms with E-state index in [0.717, 1.165) is 24.4 Å². The fourth-order valence-corrected chi connectivity index (χ4v) is 3.64. The molecule has 1 fully saturated rings. The predicted octanol–water partition coefficient (Wildman–Crippen LogP) is 3.60. The number of aromatic amines is 1. The van der Waals surface area contributed by atoms with Crippen LogP contribution in [0.15, 0.2) is 27.4 Å². The summed E-state index contributed by atoms with van der Waals surface area (Å²) < 4.78 is 5.21. The van der Waals surface area contributed by atoms with Gasteiger partial charge in [0.1, 0.15) is 0 Å². The van der Waals surface area contributed by atoms with Gasteiger partial charge in [0.15, 0.2) is 5.58 Å². The van der Waals surface area contributed by atoms with E-state index in [-0.39, 0.29) is 5.76 Å². The molecular weight excluding hydrogens is 264 g/mol. The molecule has 0 bridgehead atoms. The second-order valence-corrected chi connectivity index (χ2v) is 6.27. The minimum atomic E-state index is -0.380. The molecule has 1 heterocycles. The van der Waals surface area contributed by atoms with Gasteiger partial charge in [-0.05, 0) is 48.9 Å². The number of oxazole rings is 1. The number of hydrogen-bond donors (Lipinski definition) is 2. The predicted molar refractivity (Wildman–Crippen MR) is 84.4 cm³/mol. The molecule has 1 aliphatic carbocycles. The Labute approximate surface area is 124 Å². The molecule has 4 nitrogen and oxygen atoms in total. The summed E-state index contributed by atoms with van der Waals surface area (Å²) in [6.07, 6.45) is 5.03. The van der Waals surface area contributed by atoms with Gasteiger partial charge in [0.2, 0.25) is 0 Å². The number of hydrogen-bond acceptors (Lipinski definition) is 3. The van der Waals surface area contributed by atoms with Crippen LogP contribution in [0.4, 0.5) is 0 Å². The first kappa shape index (κ1) is 14.4. The van der Waals surface area contributed by atoms with Crippen molar-refractivity contribution in [3.05, 3.63) is 34.3 Å². The Morgan fingerprint density at radius 3 is 3.00 bits per heavy atom. The van der Waals surface area contributed by atoms with Gasteiger partial charge in [0.25, 0.3) is 0 Å². The third-order valence-corrected chi connectivity index (χ3v) is 4.77. The minimum absolute atomic E-state index is 0.354. The van der Waals surface area contributed by atoms with Crippen molar-refractivity contribution in [2.45, 2.75) is 45.6 Å². The Morgan fingerprint density at radius 1 is 1.43 bits per heavy atom. The highest BCUT2D eigenvalue weighted by atomic mass is 16.4. The van der Waals surface area contributed by atoms with Crippen LogP contribution in [0.5, 0.6) is 0 Å². The van der Waals surface area contributed by atoms with Gasteiger partial charge < -0.3 is 9.73 Å². The highest BCUT2D eigenvalue weighted by molar-refractivity contribution is 5.72. The van der Waals surface area contributed by atoms with Crippen LogP contribution in [0.3, 0.4) is 0 Å². The van der Waals surface area contributed by atoms with E-state index in [2.05, 4.69) is 30.2 Å². The standard InChI is InChI=1S/C17H24N2O2/c1-3-9-18-16(13-6-4-5-11(13)2)12-7-8-14-15(10-12)21-17(20)19-14/h7-8,10-11,13,16,18H,3-6,9H2,1-2H3,(H,19,20). The zero-order valence-corrected chi connectivity index (χ0v) is 12.8. The zero-order valence-electron chi connectivity index (χ0n) is 12.8. The van der Waals surface area contributed by atoms with E-state index in [9.17, 15) is 4.79 Å². The molecule has 0 aliphatic heterocycles. The number of aromatic nitrogens is 1. The van der Waals surface area contributed by atoms with E-state index >= 15 is 0 Å². The molecule has 1 aliphatic rings. The number of benzene rings is 1. The average Bonchev–Trinajstić information content (AvgIpc) is 3.04. The summed E-state index contributed by atoms with van der Waals surface area (Å²) in [6.45, 7) is 5.56. The third kappa shape index (κ3) is 2.91. The molecule has 0 radical (unpaired) electrons. The maximum atomic E-state index is 11.3. The number of fused-ring (bicyclic) bond motifs is 1. The monoisotopic (exact) mass is 288 g/mol. The normalized spacial score (nSPS) is 23.7. The molecule has 2 aromatic rings. The van der Waals surface area contributed by atoms with E-state index in [0.29, 0.717) is 17.5 Å². The van der Waals surface area contributed by atoms with Gasteiger partial charge in [-0.1, -0.05) is 32.8 Å². The van der Waals surface area contributed by atoms with Crippen LogP contribution < -0.4 is 11.1 Å². The van der Waals surface area contributed by atoms with Crippen LogP contribution in [-0.4, -0.2) is 11.5 Å². The molecule has 114 valence electrons. The van der Waals surface area contributed by atoms with Gasteiger partial charge in [-0.25, -0.2) is 4.79 Å². The Balaban J connectivity index is 1.94. The quantitative estimate of drug-likeness (QED) is 0.884. The first-order chi connectivity index (χ1) is 10.2. The molecular formula is C17H24N2O2. The summed E-state index contributed by atoms with van der Waals surface area (Å²) in [5.74, 6) is 1.03. The second kappa shape index (κ2) is 6.06. The zero-order chi connectivity index (χ0) is 14.8. The highest BCUT2D eigenvalue weighted by Crippen LogP contribution is 2.40. The lowest BCUT2D eigenvalue weighted by Gasteiger charge is -2.28. The molecule has 0 saturated heterocycles. The van der Waals surface area contributed by atoms with Gasteiger partial charge in [-0.15, -0.1) is 0 Å². The van der Waals surface area contributed by atoms with Gasteiger partial charge in [0.05, 0.1) is 5.52 Å². The van der Waals surface area contributed by atoms with Crippen LogP contribution in [-0.2, 0) is 0 Å². The van der Waals surface area contributed by atoms with E-state index in [1.165, 1.54) is 24.8 Å². The Kier molecular flexibility index (Phi) is 4.15. The van der Waals surface area contributed by atoms with Crippen molar-refractivity contribution >= 4 is 11.1 Å². The molecule has 1 aromatic carbocycles. The molecule has 0 amide bonds. The number of H-pyrrole nitrogens is 1.